The number of amides is 2. The molecule has 1 saturated carbocycles. The van der Waals surface area contributed by atoms with Crippen molar-refractivity contribution in [3.63, 3.8) is 0 Å². The Morgan fingerprint density at radius 2 is 1.89 bits per heavy atom. The molecule has 0 bridgehead atoms. The number of rotatable bonds is 12. The molecule has 0 aromatic heterocycles. The molecule has 2 amide bonds. The number of hydrogen-bond donors (Lipinski definition) is 1. The summed E-state index contributed by atoms with van der Waals surface area (Å²) in [5, 5.41) is 3.38. The molecule has 1 fully saturated rings. The van der Waals surface area contributed by atoms with Crippen molar-refractivity contribution in [2.75, 3.05) is 24.2 Å². The van der Waals surface area contributed by atoms with Gasteiger partial charge in [0.25, 0.3) is 0 Å². The lowest BCUT2D eigenvalue weighted by Crippen LogP contribution is -2.49. The van der Waals surface area contributed by atoms with Crippen molar-refractivity contribution in [3.05, 3.63) is 57.5 Å². The summed E-state index contributed by atoms with van der Waals surface area (Å²) in [6.07, 6.45) is 5.55. The van der Waals surface area contributed by atoms with Crippen LogP contribution < -0.4 is 14.4 Å². The maximum atomic E-state index is 13.4. The molecule has 0 aliphatic heterocycles. The van der Waals surface area contributed by atoms with Gasteiger partial charge in [0, 0.05) is 30.0 Å². The van der Waals surface area contributed by atoms with Crippen LogP contribution in [0.3, 0.4) is 0 Å². The molecule has 0 spiro atoms. The molecule has 0 unspecified atom stereocenters. The van der Waals surface area contributed by atoms with Crippen LogP contribution in [0, 0.1) is 0 Å². The van der Waals surface area contributed by atoms with Gasteiger partial charge in [-0.05, 0) is 62.1 Å². The van der Waals surface area contributed by atoms with E-state index in [9.17, 15) is 18.0 Å². The summed E-state index contributed by atoms with van der Waals surface area (Å²) < 4.78 is 32.3. The summed E-state index contributed by atoms with van der Waals surface area (Å²) in [6.45, 7) is 2.09. The second-order valence-corrected chi connectivity index (χ2v) is 12.8. The van der Waals surface area contributed by atoms with Crippen LogP contribution in [0.4, 0.5) is 5.69 Å². The molecular formula is C27H35BrClN3O5S. The fourth-order valence-corrected chi connectivity index (χ4v) is 6.28. The highest BCUT2D eigenvalue weighted by atomic mass is 79.9. The number of carbonyl (C=O) groups excluding carboxylic acids is 2. The number of nitrogens with zero attached hydrogens (tertiary/aromatic N) is 2. The highest BCUT2D eigenvalue weighted by Gasteiger charge is 2.29. The van der Waals surface area contributed by atoms with Gasteiger partial charge in [0.15, 0.2) is 0 Å². The lowest BCUT2D eigenvalue weighted by Gasteiger charge is -2.30. The average Bonchev–Trinajstić information content (AvgIpc) is 3.37. The SMILES string of the molecule is COc1ccc(N(CCCC(=O)N(Cc2cccc(Br)c2)[C@@H](C)C(=O)NC2CCCC2)S(C)(=O)=O)cc1Cl. The molecule has 0 heterocycles. The van der Waals surface area contributed by atoms with Crippen LogP contribution in [0.25, 0.3) is 0 Å². The number of halogens is 2. The minimum atomic E-state index is -3.63. The van der Waals surface area contributed by atoms with E-state index in [0.29, 0.717) is 11.4 Å². The highest BCUT2D eigenvalue weighted by molar-refractivity contribution is 9.10. The molecule has 11 heteroatoms. The summed E-state index contributed by atoms with van der Waals surface area (Å²) in [5.41, 5.74) is 1.28. The predicted molar refractivity (Wildman–Crippen MR) is 154 cm³/mol. The van der Waals surface area contributed by atoms with Gasteiger partial charge in [-0.1, -0.05) is 52.5 Å². The molecule has 3 rings (SSSR count). The van der Waals surface area contributed by atoms with Crippen molar-refractivity contribution >= 4 is 55.1 Å². The van der Waals surface area contributed by atoms with Gasteiger partial charge in [-0.15, -0.1) is 0 Å². The molecule has 1 atom stereocenters. The van der Waals surface area contributed by atoms with E-state index < -0.39 is 16.1 Å². The van der Waals surface area contributed by atoms with E-state index >= 15 is 0 Å². The van der Waals surface area contributed by atoms with Gasteiger partial charge in [0.2, 0.25) is 21.8 Å². The van der Waals surface area contributed by atoms with E-state index in [1.807, 2.05) is 24.3 Å². The Labute approximate surface area is 238 Å². The van der Waals surface area contributed by atoms with E-state index in [-0.39, 0.29) is 48.8 Å². The molecule has 1 aliphatic rings. The number of sulfonamides is 1. The molecule has 0 radical (unpaired) electrons. The molecule has 208 valence electrons. The van der Waals surface area contributed by atoms with Crippen molar-refractivity contribution in [2.45, 2.75) is 64.1 Å². The minimum absolute atomic E-state index is 0.0744. The van der Waals surface area contributed by atoms with Crippen LogP contribution >= 0.6 is 27.5 Å². The maximum Gasteiger partial charge on any atom is 0.242 e. The first-order valence-electron chi connectivity index (χ1n) is 12.6. The van der Waals surface area contributed by atoms with E-state index in [2.05, 4.69) is 21.2 Å². The topological polar surface area (TPSA) is 96.0 Å². The summed E-state index contributed by atoms with van der Waals surface area (Å²) in [4.78, 5) is 28.1. The predicted octanol–water partition coefficient (Wildman–Crippen LogP) is 5.13. The third kappa shape index (κ3) is 8.35. The largest absolute Gasteiger partial charge is 0.495 e. The first-order valence-corrected chi connectivity index (χ1v) is 15.7. The molecular weight excluding hydrogens is 594 g/mol. The van der Waals surface area contributed by atoms with E-state index in [1.165, 1.54) is 17.5 Å². The summed E-state index contributed by atoms with van der Waals surface area (Å²) >= 11 is 9.68. The molecule has 2 aromatic carbocycles. The molecule has 2 aromatic rings. The Morgan fingerprint density at radius 1 is 1.18 bits per heavy atom. The van der Waals surface area contributed by atoms with Crippen LogP contribution in [-0.2, 0) is 26.2 Å². The Morgan fingerprint density at radius 3 is 2.50 bits per heavy atom. The van der Waals surface area contributed by atoms with Gasteiger partial charge >= 0.3 is 0 Å². The van der Waals surface area contributed by atoms with Gasteiger partial charge in [0.05, 0.1) is 24.1 Å². The fourth-order valence-electron chi connectivity index (χ4n) is 4.62. The van der Waals surface area contributed by atoms with Crippen molar-refractivity contribution in [2.24, 2.45) is 0 Å². The molecule has 1 N–H and O–H groups in total. The lowest BCUT2D eigenvalue weighted by molar-refractivity contribution is -0.141. The zero-order chi connectivity index (χ0) is 27.9. The molecule has 38 heavy (non-hydrogen) atoms. The summed E-state index contributed by atoms with van der Waals surface area (Å²) in [7, 11) is -2.15. The van der Waals surface area contributed by atoms with Crippen LogP contribution in [-0.4, -0.2) is 57.1 Å². The van der Waals surface area contributed by atoms with Gasteiger partial charge < -0.3 is 15.0 Å². The van der Waals surface area contributed by atoms with Crippen molar-refractivity contribution < 1.29 is 22.7 Å². The Hall–Kier alpha value is -2.30. The zero-order valence-electron chi connectivity index (χ0n) is 22.0. The fraction of sp³-hybridized carbons (Fsp3) is 0.481. The zero-order valence-corrected chi connectivity index (χ0v) is 25.1. The smallest absolute Gasteiger partial charge is 0.242 e. The third-order valence-electron chi connectivity index (χ3n) is 6.69. The second kappa shape index (κ2) is 13.7. The average molecular weight is 629 g/mol. The molecule has 8 nitrogen and oxygen atoms in total. The first-order chi connectivity index (χ1) is 18.0. The number of ether oxygens (including phenoxy) is 1. The number of methoxy groups -OCH3 is 1. The highest BCUT2D eigenvalue weighted by Crippen LogP contribution is 2.30. The van der Waals surface area contributed by atoms with Crippen molar-refractivity contribution in [3.8, 4) is 5.75 Å². The normalized spacial score (nSPS) is 14.7. The van der Waals surface area contributed by atoms with E-state index in [0.717, 1.165) is 42.0 Å². The quantitative estimate of drug-likeness (QED) is 0.352. The Kier molecular flexibility index (Phi) is 10.9. The number of hydrogen-bond acceptors (Lipinski definition) is 5. The van der Waals surface area contributed by atoms with Gasteiger partial charge in [-0.2, -0.15) is 0 Å². The standard InChI is InChI=1S/C27H35BrClN3O5S/c1-19(27(34)30-22-10-4-5-11-22)31(18-20-8-6-9-21(28)16-20)26(33)12-7-15-32(38(3,35)36)23-13-14-25(37-2)24(29)17-23/h6,8-9,13-14,16-17,19,22H,4-5,7,10-12,15,18H2,1-3H3,(H,30,34)/t19-/m0/s1. The summed E-state index contributed by atoms with van der Waals surface area (Å²) in [5.74, 6) is 0.0400. The first kappa shape index (κ1) is 30.2. The van der Waals surface area contributed by atoms with Gasteiger partial charge in [0.1, 0.15) is 11.8 Å². The van der Waals surface area contributed by atoms with Gasteiger partial charge in [-0.25, -0.2) is 8.42 Å². The van der Waals surface area contributed by atoms with Crippen molar-refractivity contribution in [1.82, 2.24) is 10.2 Å². The van der Waals surface area contributed by atoms with Crippen LogP contribution in [0.15, 0.2) is 46.9 Å². The number of nitrogens with one attached hydrogen (secondary N) is 1. The Balaban J connectivity index is 1.73. The Bertz CT molecular complexity index is 1240. The molecule has 0 saturated heterocycles. The number of benzene rings is 2. The lowest BCUT2D eigenvalue weighted by atomic mass is 10.1. The monoisotopic (exact) mass is 627 g/mol. The maximum absolute atomic E-state index is 13.4. The van der Waals surface area contributed by atoms with Crippen molar-refractivity contribution in [1.29, 1.82) is 0 Å². The second-order valence-electron chi connectivity index (χ2n) is 9.58. The van der Waals surface area contributed by atoms with E-state index in [4.69, 9.17) is 16.3 Å². The van der Waals surface area contributed by atoms with Gasteiger partial charge in [-0.3, -0.25) is 13.9 Å². The van der Waals surface area contributed by atoms with Crippen LogP contribution in [0.2, 0.25) is 5.02 Å². The van der Waals surface area contributed by atoms with Crippen LogP contribution in [0.5, 0.6) is 5.75 Å². The third-order valence-corrected chi connectivity index (χ3v) is 8.67. The minimum Gasteiger partial charge on any atom is -0.495 e. The number of carbonyl (C=O) groups is 2. The molecule has 1 aliphatic carbocycles. The summed E-state index contributed by atoms with van der Waals surface area (Å²) in [6, 6.07) is 11.8. The van der Waals surface area contributed by atoms with E-state index in [1.54, 1.807) is 24.0 Å². The number of anilines is 1. The van der Waals surface area contributed by atoms with Crippen LogP contribution in [0.1, 0.15) is 51.0 Å².